The average Bonchev–Trinajstić information content (AvgIpc) is 2.84. The number of hydrogen-bond donors (Lipinski definition) is 1. The summed E-state index contributed by atoms with van der Waals surface area (Å²) in [6.07, 6.45) is 2.93. The van der Waals surface area contributed by atoms with Crippen molar-refractivity contribution in [1.29, 1.82) is 0 Å². The summed E-state index contributed by atoms with van der Waals surface area (Å²) >= 11 is 3.34. The molecule has 0 bridgehead atoms. The summed E-state index contributed by atoms with van der Waals surface area (Å²) in [5, 5.41) is 6.74. The van der Waals surface area contributed by atoms with E-state index in [-0.39, 0.29) is 11.9 Å². The minimum Gasteiger partial charge on any atom is -0.324 e. The number of benzene rings is 1. The first-order chi connectivity index (χ1) is 8.16. The molecule has 0 aliphatic heterocycles. The fourth-order valence-electron chi connectivity index (χ4n) is 1.32. The SMILES string of the molecule is CC(C(=O)Nc1ccc(Br)cc1)n1cncn1. The molecule has 2 rings (SSSR count). The van der Waals surface area contributed by atoms with Crippen LogP contribution in [0.2, 0.25) is 0 Å². The van der Waals surface area contributed by atoms with E-state index in [1.807, 2.05) is 24.3 Å². The van der Waals surface area contributed by atoms with Crippen LogP contribution in [0.25, 0.3) is 0 Å². The fourth-order valence-corrected chi connectivity index (χ4v) is 1.58. The molecule has 1 aromatic heterocycles. The van der Waals surface area contributed by atoms with Crippen LogP contribution in [-0.2, 0) is 4.79 Å². The van der Waals surface area contributed by atoms with Gasteiger partial charge in [-0.15, -0.1) is 0 Å². The molecule has 0 saturated carbocycles. The predicted octanol–water partition coefficient (Wildman–Crippen LogP) is 2.24. The number of nitrogens with one attached hydrogen (secondary N) is 1. The van der Waals surface area contributed by atoms with Gasteiger partial charge in [-0.25, -0.2) is 9.67 Å². The molecular formula is C11H11BrN4O. The smallest absolute Gasteiger partial charge is 0.249 e. The Kier molecular flexibility index (Phi) is 3.53. The highest BCUT2D eigenvalue weighted by atomic mass is 79.9. The molecule has 1 heterocycles. The second-order valence-corrected chi connectivity index (χ2v) is 4.46. The van der Waals surface area contributed by atoms with Gasteiger partial charge in [0.05, 0.1) is 0 Å². The molecule has 1 unspecified atom stereocenters. The van der Waals surface area contributed by atoms with Gasteiger partial charge >= 0.3 is 0 Å². The van der Waals surface area contributed by atoms with Crippen LogP contribution in [0, 0.1) is 0 Å². The molecule has 0 saturated heterocycles. The Bertz CT molecular complexity index is 495. The van der Waals surface area contributed by atoms with Crippen LogP contribution >= 0.6 is 15.9 Å². The largest absolute Gasteiger partial charge is 0.324 e. The first kappa shape index (κ1) is 11.8. The van der Waals surface area contributed by atoms with Crippen molar-refractivity contribution >= 4 is 27.5 Å². The van der Waals surface area contributed by atoms with E-state index in [4.69, 9.17) is 0 Å². The van der Waals surface area contributed by atoms with Gasteiger partial charge in [0, 0.05) is 10.2 Å². The van der Waals surface area contributed by atoms with Crippen molar-refractivity contribution in [2.45, 2.75) is 13.0 Å². The Balaban J connectivity index is 2.04. The van der Waals surface area contributed by atoms with Crippen LogP contribution in [0.5, 0.6) is 0 Å². The lowest BCUT2D eigenvalue weighted by molar-refractivity contribution is -0.119. The van der Waals surface area contributed by atoms with Crippen molar-refractivity contribution in [2.75, 3.05) is 5.32 Å². The van der Waals surface area contributed by atoms with Crippen LogP contribution in [0.1, 0.15) is 13.0 Å². The van der Waals surface area contributed by atoms with E-state index < -0.39 is 0 Å². The molecule has 0 radical (unpaired) electrons. The molecule has 0 fully saturated rings. The van der Waals surface area contributed by atoms with Crippen LogP contribution in [0.3, 0.4) is 0 Å². The highest BCUT2D eigenvalue weighted by Gasteiger charge is 2.15. The van der Waals surface area contributed by atoms with Crippen LogP contribution < -0.4 is 5.32 Å². The molecular weight excluding hydrogens is 284 g/mol. The zero-order valence-corrected chi connectivity index (χ0v) is 10.8. The van der Waals surface area contributed by atoms with Gasteiger partial charge in [0.15, 0.2) is 0 Å². The number of hydrogen-bond acceptors (Lipinski definition) is 3. The van der Waals surface area contributed by atoms with E-state index in [0.717, 1.165) is 10.2 Å². The average molecular weight is 295 g/mol. The standard InChI is InChI=1S/C11H11BrN4O/c1-8(16-7-13-6-14-16)11(17)15-10-4-2-9(12)3-5-10/h2-8H,1H3,(H,15,17). The molecule has 0 aliphatic carbocycles. The van der Waals surface area contributed by atoms with E-state index in [1.165, 1.54) is 17.3 Å². The van der Waals surface area contributed by atoms with Crippen LogP contribution in [-0.4, -0.2) is 20.7 Å². The first-order valence-electron chi connectivity index (χ1n) is 5.07. The molecule has 1 aromatic carbocycles. The van der Waals surface area contributed by atoms with Gasteiger partial charge in [0.1, 0.15) is 18.7 Å². The van der Waals surface area contributed by atoms with Gasteiger partial charge < -0.3 is 5.32 Å². The predicted molar refractivity (Wildman–Crippen MR) is 67.5 cm³/mol. The number of carbonyl (C=O) groups is 1. The zero-order chi connectivity index (χ0) is 12.3. The molecule has 1 atom stereocenters. The minimum atomic E-state index is -0.388. The lowest BCUT2D eigenvalue weighted by Gasteiger charge is -2.11. The van der Waals surface area contributed by atoms with Gasteiger partial charge in [-0.1, -0.05) is 15.9 Å². The Labute approximate surface area is 107 Å². The summed E-state index contributed by atoms with van der Waals surface area (Å²) in [5.74, 6) is -0.127. The van der Waals surface area contributed by atoms with E-state index in [0.29, 0.717) is 0 Å². The van der Waals surface area contributed by atoms with Crippen molar-refractivity contribution in [3.63, 3.8) is 0 Å². The highest BCUT2D eigenvalue weighted by Crippen LogP contribution is 2.15. The molecule has 0 aliphatic rings. The topological polar surface area (TPSA) is 59.8 Å². The van der Waals surface area contributed by atoms with Crippen molar-refractivity contribution < 1.29 is 4.79 Å². The van der Waals surface area contributed by atoms with E-state index in [2.05, 4.69) is 31.3 Å². The van der Waals surface area contributed by atoms with E-state index in [9.17, 15) is 4.79 Å². The first-order valence-corrected chi connectivity index (χ1v) is 5.86. The zero-order valence-electron chi connectivity index (χ0n) is 9.17. The maximum absolute atomic E-state index is 11.9. The molecule has 88 valence electrons. The third-order valence-electron chi connectivity index (χ3n) is 2.32. The van der Waals surface area contributed by atoms with Gasteiger partial charge in [0.25, 0.3) is 0 Å². The monoisotopic (exact) mass is 294 g/mol. The quantitative estimate of drug-likeness (QED) is 0.944. The van der Waals surface area contributed by atoms with Gasteiger partial charge in [0.2, 0.25) is 5.91 Å². The molecule has 2 aromatic rings. The summed E-state index contributed by atoms with van der Waals surface area (Å²) < 4.78 is 2.48. The van der Waals surface area contributed by atoms with E-state index >= 15 is 0 Å². The number of anilines is 1. The number of nitrogens with zero attached hydrogens (tertiary/aromatic N) is 3. The van der Waals surface area contributed by atoms with Crippen molar-refractivity contribution in [1.82, 2.24) is 14.8 Å². The number of aromatic nitrogens is 3. The normalized spacial score (nSPS) is 12.1. The molecule has 0 spiro atoms. The summed E-state index contributed by atoms with van der Waals surface area (Å²) in [6, 6.07) is 7.01. The van der Waals surface area contributed by atoms with Crippen LogP contribution in [0.4, 0.5) is 5.69 Å². The Morgan fingerprint density at radius 2 is 2.12 bits per heavy atom. The van der Waals surface area contributed by atoms with Gasteiger partial charge in [-0.05, 0) is 31.2 Å². The lowest BCUT2D eigenvalue weighted by Crippen LogP contribution is -2.23. The highest BCUT2D eigenvalue weighted by molar-refractivity contribution is 9.10. The minimum absolute atomic E-state index is 0.127. The van der Waals surface area contributed by atoms with Crippen molar-refractivity contribution in [3.05, 3.63) is 41.4 Å². The fraction of sp³-hybridized carbons (Fsp3) is 0.182. The summed E-state index contributed by atoms with van der Waals surface area (Å²) in [6.45, 7) is 1.77. The third-order valence-corrected chi connectivity index (χ3v) is 2.85. The molecule has 1 amide bonds. The molecule has 1 N–H and O–H groups in total. The number of carbonyl (C=O) groups excluding carboxylic acids is 1. The Hall–Kier alpha value is -1.69. The molecule has 5 nitrogen and oxygen atoms in total. The number of amides is 1. The second kappa shape index (κ2) is 5.09. The Morgan fingerprint density at radius 3 is 2.71 bits per heavy atom. The summed E-state index contributed by atoms with van der Waals surface area (Å²) in [5.41, 5.74) is 0.755. The second-order valence-electron chi connectivity index (χ2n) is 3.55. The van der Waals surface area contributed by atoms with Crippen molar-refractivity contribution in [2.24, 2.45) is 0 Å². The Morgan fingerprint density at radius 1 is 1.41 bits per heavy atom. The number of rotatable bonds is 3. The van der Waals surface area contributed by atoms with Gasteiger partial charge in [-0.3, -0.25) is 4.79 Å². The molecule has 17 heavy (non-hydrogen) atoms. The van der Waals surface area contributed by atoms with E-state index in [1.54, 1.807) is 6.92 Å². The van der Waals surface area contributed by atoms with Gasteiger partial charge in [-0.2, -0.15) is 5.10 Å². The maximum Gasteiger partial charge on any atom is 0.249 e. The summed E-state index contributed by atoms with van der Waals surface area (Å²) in [4.78, 5) is 15.7. The third kappa shape index (κ3) is 2.91. The maximum atomic E-state index is 11.9. The van der Waals surface area contributed by atoms with Crippen molar-refractivity contribution in [3.8, 4) is 0 Å². The molecule has 6 heteroatoms. The number of halogens is 1. The summed E-state index contributed by atoms with van der Waals surface area (Å²) in [7, 11) is 0. The van der Waals surface area contributed by atoms with Crippen LogP contribution in [0.15, 0.2) is 41.4 Å². The lowest BCUT2D eigenvalue weighted by atomic mass is 10.3.